The molecule has 0 aromatic heterocycles. The number of para-hydroxylation sites is 1. The van der Waals surface area contributed by atoms with E-state index in [4.69, 9.17) is 4.74 Å². The summed E-state index contributed by atoms with van der Waals surface area (Å²) < 4.78 is 5.32. The third-order valence-electron chi connectivity index (χ3n) is 3.81. The highest BCUT2D eigenvalue weighted by Gasteiger charge is 2.31. The van der Waals surface area contributed by atoms with E-state index in [1.165, 1.54) is 30.1 Å². The molecule has 2 aromatic rings. The van der Waals surface area contributed by atoms with Crippen LogP contribution in [0.1, 0.15) is 11.1 Å². The number of hydrogen-bond acceptors (Lipinski definition) is 7. The van der Waals surface area contributed by atoms with Crippen molar-refractivity contribution in [2.45, 2.75) is 11.7 Å². The number of benzene rings is 2. The average molecular weight is 384 g/mol. The molecule has 138 valence electrons. The van der Waals surface area contributed by atoms with E-state index in [-0.39, 0.29) is 16.8 Å². The molecule has 0 aliphatic carbocycles. The third kappa shape index (κ3) is 4.70. The largest absolute Gasteiger partial charge is 0.496 e. The van der Waals surface area contributed by atoms with Crippen molar-refractivity contribution in [2.75, 3.05) is 7.11 Å². The van der Waals surface area contributed by atoms with Gasteiger partial charge in [0.15, 0.2) is 5.17 Å². The summed E-state index contributed by atoms with van der Waals surface area (Å²) in [7, 11) is 1.59. The van der Waals surface area contributed by atoms with Crippen LogP contribution in [0.25, 0.3) is 0 Å². The van der Waals surface area contributed by atoms with Crippen molar-refractivity contribution in [3.8, 4) is 5.75 Å². The van der Waals surface area contributed by atoms with Gasteiger partial charge in [-0.3, -0.25) is 14.9 Å². The first kappa shape index (κ1) is 18.6. The molecule has 1 saturated heterocycles. The Morgan fingerprint density at radius 1 is 1.30 bits per heavy atom. The number of carbonyl (C=O) groups excluding carboxylic acids is 1. The molecule has 0 unspecified atom stereocenters. The van der Waals surface area contributed by atoms with Crippen molar-refractivity contribution >= 4 is 34.7 Å². The first-order valence-corrected chi connectivity index (χ1v) is 8.89. The van der Waals surface area contributed by atoms with Crippen LogP contribution in [-0.2, 0) is 11.2 Å². The molecule has 27 heavy (non-hydrogen) atoms. The molecule has 1 aliphatic heterocycles. The number of nitro benzene ring substituents is 1. The highest BCUT2D eigenvalue weighted by Crippen LogP contribution is 2.27. The molecule has 1 atom stereocenters. The summed E-state index contributed by atoms with van der Waals surface area (Å²) in [6.07, 6.45) is 1.91. The normalized spacial score (nSPS) is 18.0. The third-order valence-corrected chi connectivity index (χ3v) is 4.88. The first-order chi connectivity index (χ1) is 13.1. The Bertz CT molecular complexity index is 929. The Labute approximate surface area is 159 Å². The zero-order valence-electron chi connectivity index (χ0n) is 14.4. The zero-order chi connectivity index (χ0) is 19.2. The van der Waals surface area contributed by atoms with Gasteiger partial charge >= 0.3 is 0 Å². The summed E-state index contributed by atoms with van der Waals surface area (Å²) in [5.41, 5.74) is 1.47. The Balaban J connectivity index is 1.66. The lowest BCUT2D eigenvalue weighted by molar-refractivity contribution is -0.384. The number of nitrogens with one attached hydrogen (secondary N) is 1. The lowest BCUT2D eigenvalue weighted by atomic mass is 10.1. The van der Waals surface area contributed by atoms with E-state index in [0.29, 0.717) is 17.2 Å². The van der Waals surface area contributed by atoms with Crippen molar-refractivity contribution in [3.05, 3.63) is 69.8 Å². The molecular weight excluding hydrogens is 368 g/mol. The molecular formula is C18H16N4O4S. The Morgan fingerprint density at radius 2 is 2.11 bits per heavy atom. The predicted molar refractivity (Wildman–Crippen MR) is 104 cm³/mol. The SMILES string of the molecule is COc1ccccc1C[C@@H]1S/C(=N/N=C\c2cccc([N+](=O)[O-])c2)NC1=O. The van der Waals surface area contributed by atoms with E-state index in [1.54, 1.807) is 19.2 Å². The summed E-state index contributed by atoms with van der Waals surface area (Å²) in [6.45, 7) is 0. The van der Waals surface area contributed by atoms with Crippen LogP contribution >= 0.6 is 11.8 Å². The summed E-state index contributed by atoms with van der Waals surface area (Å²) in [4.78, 5) is 22.5. The second-order valence-electron chi connectivity index (χ2n) is 5.61. The number of carbonyl (C=O) groups is 1. The number of methoxy groups -OCH3 is 1. The molecule has 2 aromatic carbocycles. The number of nitro groups is 1. The molecule has 1 N–H and O–H groups in total. The minimum absolute atomic E-state index is 0.0213. The number of rotatable bonds is 6. The van der Waals surface area contributed by atoms with Gasteiger partial charge in [0.05, 0.1) is 23.5 Å². The van der Waals surface area contributed by atoms with Crippen LogP contribution in [0.4, 0.5) is 5.69 Å². The number of ether oxygens (including phenoxy) is 1. The van der Waals surface area contributed by atoms with E-state index in [1.807, 2.05) is 24.3 Å². The van der Waals surface area contributed by atoms with E-state index in [0.717, 1.165) is 11.3 Å². The lowest BCUT2D eigenvalue weighted by Gasteiger charge is -2.09. The standard InChI is InChI=1S/C18H16N4O4S/c1-26-15-8-3-2-6-13(15)10-16-17(23)20-18(27-16)21-19-11-12-5-4-7-14(9-12)22(24)25/h2-9,11,16H,10H2,1H3,(H,20,21,23)/b19-11-/t16-/m0/s1. The maximum absolute atomic E-state index is 12.2. The average Bonchev–Trinajstić information content (AvgIpc) is 3.01. The van der Waals surface area contributed by atoms with Gasteiger partial charge in [-0.1, -0.05) is 42.1 Å². The highest BCUT2D eigenvalue weighted by atomic mass is 32.2. The van der Waals surface area contributed by atoms with Crippen LogP contribution in [0, 0.1) is 10.1 Å². The molecule has 0 radical (unpaired) electrons. The van der Waals surface area contributed by atoms with Gasteiger partial charge < -0.3 is 10.1 Å². The fourth-order valence-electron chi connectivity index (χ4n) is 2.52. The van der Waals surface area contributed by atoms with Gasteiger partial charge in [-0.2, -0.15) is 5.10 Å². The van der Waals surface area contributed by atoms with Crippen LogP contribution in [-0.4, -0.2) is 34.6 Å². The summed E-state index contributed by atoms with van der Waals surface area (Å²) in [5, 5.41) is 21.4. The van der Waals surface area contributed by atoms with Crippen LogP contribution in [0.2, 0.25) is 0 Å². The number of nitrogens with zero attached hydrogens (tertiary/aromatic N) is 3. The monoisotopic (exact) mass is 384 g/mol. The Morgan fingerprint density at radius 3 is 2.89 bits per heavy atom. The molecule has 0 saturated carbocycles. The number of amidine groups is 1. The predicted octanol–water partition coefficient (Wildman–Crippen LogP) is 2.77. The van der Waals surface area contributed by atoms with E-state index in [2.05, 4.69) is 15.5 Å². The van der Waals surface area contributed by atoms with Crippen molar-refractivity contribution in [2.24, 2.45) is 10.2 Å². The van der Waals surface area contributed by atoms with E-state index < -0.39 is 4.92 Å². The molecule has 1 fully saturated rings. The van der Waals surface area contributed by atoms with Crippen LogP contribution < -0.4 is 10.1 Å². The molecule has 1 amide bonds. The molecule has 1 aliphatic rings. The zero-order valence-corrected chi connectivity index (χ0v) is 15.2. The molecule has 9 heteroatoms. The maximum Gasteiger partial charge on any atom is 0.270 e. The Hall–Kier alpha value is -3.20. The van der Waals surface area contributed by atoms with Gasteiger partial charge in [-0.15, -0.1) is 5.10 Å². The number of non-ortho nitro benzene ring substituents is 1. The lowest BCUT2D eigenvalue weighted by Crippen LogP contribution is -2.26. The quantitative estimate of drug-likeness (QED) is 0.468. The molecule has 3 rings (SSSR count). The topological polar surface area (TPSA) is 106 Å². The molecule has 0 spiro atoms. The summed E-state index contributed by atoms with van der Waals surface area (Å²) in [5.74, 6) is 0.593. The van der Waals surface area contributed by atoms with Crippen LogP contribution in [0.5, 0.6) is 5.75 Å². The smallest absolute Gasteiger partial charge is 0.270 e. The Kier molecular flexibility index (Phi) is 5.82. The molecule has 1 heterocycles. The molecule has 8 nitrogen and oxygen atoms in total. The number of thioether (sulfide) groups is 1. The van der Waals surface area contributed by atoms with E-state index in [9.17, 15) is 14.9 Å². The van der Waals surface area contributed by atoms with Crippen LogP contribution in [0.15, 0.2) is 58.7 Å². The second-order valence-corrected chi connectivity index (χ2v) is 6.80. The molecule has 0 bridgehead atoms. The minimum atomic E-state index is -0.473. The van der Waals surface area contributed by atoms with Gasteiger partial charge in [0.25, 0.3) is 5.69 Å². The fraction of sp³-hybridized carbons (Fsp3) is 0.167. The van der Waals surface area contributed by atoms with Gasteiger partial charge in [0.2, 0.25) is 5.91 Å². The number of amides is 1. The first-order valence-electron chi connectivity index (χ1n) is 8.01. The highest BCUT2D eigenvalue weighted by molar-refractivity contribution is 8.15. The van der Waals surface area contributed by atoms with E-state index >= 15 is 0 Å². The van der Waals surface area contributed by atoms with Crippen molar-refractivity contribution in [1.82, 2.24) is 5.32 Å². The fourth-order valence-corrected chi connectivity index (χ4v) is 3.48. The maximum atomic E-state index is 12.2. The minimum Gasteiger partial charge on any atom is -0.496 e. The van der Waals surface area contributed by atoms with Crippen molar-refractivity contribution < 1.29 is 14.5 Å². The second kappa shape index (κ2) is 8.45. The van der Waals surface area contributed by atoms with Crippen molar-refractivity contribution in [1.29, 1.82) is 0 Å². The van der Waals surface area contributed by atoms with Gasteiger partial charge in [0.1, 0.15) is 5.75 Å². The van der Waals surface area contributed by atoms with Gasteiger partial charge in [-0.05, 0) is 18.1 Å². The summed E-state index contributed by atoms with van der Waals surface area (Å²) in [6, 6.07) is 13.6. The van der Waals surface area contributed by atoms with Gasteiger partial charge in [-0.25, -0.2) is 0 Å². The van der Waals surface area contributed by atoms with Crippen molar-refractivity contribution in [3.63, 3.8) is 0 Å². The summed E-state index contributed by atoms with van der Waals surface area (Å²) >= 11 is 1.29. The van der Waals surface area contributed by atoms with Crippen LogP contribution in [0.3, 0.4) is 0 Å². The number of hydrogen-bond donors (Lipinski definition) is 1. The van der Waals surface area contributed by atoms with Gasteiger partial charge in [0, 0.05) is 17.7 Å².